The maximum Gasteiger partial charge on any atom is 0.339 e. The van der Waals surface area contributed by atoms with Crippen molar-refractivity contribution < 1.29 is 24.6 Å². The summed E-state index contributed by atoms with van der Waals surface area (Å²) < 4.78 is 0.380. The fourth-order valence-corrected chi connectivity index (χ4v) is 4.34. The summed E-state index contributed by atoms with van der Waals surface area (Å²) in [6.45, 7) is 2.01. The summed E-state index contributed by atoms with van der Waals surface area (Å²) in [5.41, 5.74) is 1.92. The number of allylic oxidation sites excluding steroid dienone is 2. The third-order valence-corrected chi connectivity index (χ3v) is 5.88. The van der Waals surface area contributed by atoms with Gasteiger partial charge in [0.05, 0.1) is 4.91 Å². The number of carboxylic acid groups (broad SMARTS) is 1. The molecular weight excluding hydrogens is 448 g/mol. The molecule has 1 fully saturated rings. The van der Waals surface area contributed by atoms with E-state index in [4.69, 9.17) is 17.3 Å². The van der Waals surface area contributed by atoms with Gasteiger partial charge < -0.3 is 15.5 Å². The summed E-state index contributed by atoms with van der Waals surface area (Å²) in [5, 5.41) is 21.2. The number of aromatic hydroxyl groups is 1. The molecule has 9 heteroatoms. The third kappa shape index (κ3) is 5.83. The lowest BCUT2D eigenvalue weighted by atomic mass is 10.1. The van der Waals surface area contributed by atoms with E-state index in [9.17, 15) is 19.5 Å². The van der Waals surface area contributed by atoms with E-state index in [0.717, 1.165) is 17.2 Å². The van der Waals surface area contributed by atoms with E-state index in [-0.39, 0.29) is 30.1 Å². The molecule has 0 bridgehead atoms. The van der Waals surface area contributed by atoms with Gasteiger partial charge in [0.15, 0.2) is 0 Å². The molecule has 1 heterocycles. The number of benzene rings is 2. The smallest absolute Gasteiger partial charge is 0.339 e. The van der Waals surface area contributed by atoms with Crippen LogP contribution in [0.5, 0.6) is 5.75 Å². The molecule has 2 aromatic carbocycles. The molecule has 0 spiro atoms. The van der Waals surface area contributed by atoms with Gasteiger partial charge in [0.2, 0.25) is 5.91 Å². The van der Waals surface area contributed by atoms with Crippen molar-refractivity contribution in [3.05, 3.63) is 76.2 Å². The Labute approximate surface area is 194 Å². The third-order valence-electron chi connectivity index (χ3n) is 4.50. The van der Waals surface area contributed by atoms with E-state index < -0.39 is 17.6 Å². The number of nitrogens with one attached hydrogen (secondary N) is 1. The topological polar surface area (TPSA) is 107 Å². The molecule has 1 aliphatic rings. The number of thioether (sulfide) groups is 1. The SMILES string of the molecule is CC(=Cc1ccccc1)/C=C1\SC(=S)N(CCC(=O)Nc2ccc(C(=O)O)c(O)c2)C1=O. The average Bonchev–Trinajstić information content (AvgIpc) is 2.99. The van der Waals surface area contributed by atoms with Crippen molar-refractivity contribution in [3.8, 4) is 5.75 Å². The Morgan fingerprint density at radius 1 is 1.19 bits per heavy atom. The molecule has 0 atom stereocenters. The Kier molecular flexibility index (Phi) is 7.45. The molecule has 2 amide bonds. The van der Waals surface area contributed by atoms with Crippen LogP contribution in [0.1, 0.15) is 29.3 Å². The lowest BCUT2D eigenvalue weighted by molar-refractivity contribution is -0.122. The Balaban J connectivity index is 1.59. The van der Waals surface area contributed by atoms with Gasteiger partial charge in [-0.2, -0.15) is 0 Å². The summed E-state index contributed by atoms with van der Waals surface area (Å²) in [6.07, 6.45) is 3.73. The largest absolute Gasteiger partial charge is 0.507 e. The molecule has 0 radical (unpaired) electrons. The van der Waals surface area contributed by atoms with Gasteiger partial charge in [-0.1, -0.05) is 60.4 Å². The quantitative estimate of drug-likeness (QED) is 0.412. The second-order valence-corrected chi connectivity index (χ2v) is 8.64. The maximum atomic E-state index is 12.7. The summed E-state index contributed by atoms with van der Waals surface area (Å²) >= 11 is 6.49. The zero-order valence-electron chi connectivity index (χ0n) is 17.1. The van der Waals surface area contributed by atoms with E-state index in [1.54, 1.807) is 6.08 Å². The minimum atomic E-state index is -1.27. The highest BCUT2D eigenvalue weighted by Crippen LogP contribution is 2.32. The number of amides is 2. The Morgan fingerprint density at radius 2 is 1.91 bits per heavy atom. The normalized spacial score (nSPS) is 15.3. The molecule has 2 aromatic rings. The van der Waals surface area contributed by atoms with Crippen molar-refractivity contribution in [1.82, 2.24) is 4.90 Å². The monoisotopic (exact) mass is 468 g/mol. The van der Waals surface area contributed by atoms with Crippen molar-refractivity contribution in [1.29, 1.82) is 0 Å². The highest BCUT2D eigenvalue weighted by molar-refractivity contribution is 8.26. The first-order chi connectivity index (χ1) is 15.2. The molecule has 3 rings (SSSR count). The second-order valence-electron chi connectivity index (χ2n) is 6.97. The summed E-state index contributed by atoms with van der Waals surface area (Å²) in [5.74, 6) is -2.37. The van der Waals surface area contributed by atoms with Gasteiger partial charge in [0.25, 0.3) is 5.91 Å². The summed E-state index contributed by atoms with van der Waals surface area (Å²) in [7, 11) is 0. The fraction of sp³-hybridized carbons (Fsp3) is 0.130. The van der Waals surface area contributed by atoms with Crippen molar-refractivity contribution in [2.75, 3.05) is 11.9 Å². The highest BCUT2D eigenvalue weighted by atomic mass is 32.2. The minimum Gasteiger partial charge on any atom is -0.507 e. The number of carbonyl (C=O) groups is 3. The number of carbonyl (C=O) groups excluding carboxylic acids is 2. The predicted molar refractivity (Wildman–Crippen MR) is 128 cm³/mol. The maximum absolute atomic E-state index is 12.7. The molecular formula is C23H20N2O5S2. The van der Waals surface area contributed by atoms with Gasteiger partial charge >= 0.3 is 5.97 Å². The van der Waals surface area contributed by atoms with Crippen LogP contribution in [0.15, 0.2) is 65.1 Å². The molecule has 164 valence electrons. The first-order valence-electron chi connectivity index (χ1n) is 9.59. The van der Waals surface area contributed by atoms with E-state index >= 15 is 0 Å². The first-order valence-corrected chi connectivity index (χ1v) is 10.8. The van der Waals surface area contributed by atoms with Gasteiger partial charge in [-0.3, -0.25) is 14.5 Å². The number of nitrogens with zero attached hydrogens (tertiary/aromatic N) is 1. The molecule has 0 aliphatic carbocycles. The molecule has 32 heavy (non-hydrogen) atoms. The van der Waals surface area contributed by atoms with Crippen LogP contribution in [0.3, 0.4) is 0 Å². The van der Waals surface area contributed by atoms with Gasteiger partial charge in [-0.15, -0.1) is 0 Å². The Hall–Kier alpha value is -3.43. The van der Waals surface area contributed by atoms with E-state index in [1.807, 2.05) is 43.3 Å². The van der Waals surface area contributed by atoms with Crippen molar-refractivity contribution in [2.24, 2.45) is 0 Å². The number of rotatable bonds is 7. The molecule has 0 aromatic heterocycles. The predicted octanol–water partition coefficient (Wildman–Crippen LogP) is 4.27. The van der Waals surface area contributed by atoms with Crippen LogP contribution in [-0.2, 0) is 9.59 Å². The van der Waals surface area contributed by atoms with E-state index in [1.165, 1.54) is 28.8 Å². The molecule has 1 saturated heterocycles. The van der Waals surface area contributed by atoms with Crippen molar-refractivity contribution >= 4 is 57.8 Å². The summed E-state index contributed by atoms with van der Waals surface area (Å²) in [6, 6.07) is 13.5. The molecule has 1 aliphatic heterocycles. The zero-order chi connectivity index (χ0) is 23.3. The lowest BCUT2D eigenvalue weighted by Gasteiger charge is -2.14. The van der Waals surface area contributed by atoms with Crippen LogP contribution in [0, 0.1) is 0 Å². The minimum absolute atomic E-state index is 0.0139. The average molecular weight is 469 g/mol. The Bertz CT molecular complexity index is 1140. The van der Waals surface area contributed by atoms with Crippen LogP contribution < -0.4 is 5.32 Å². The number of carboxylic acids is 1. The van der Waals surface area contributed by atoms with Gasteiger partial charge in [-0.05, 0) is 36.3 Å². The van der Waals surface area contributed by atoms with Crippen molar-refractivity contribution in [3.63, 3.8) is 0 Å². The van der Waals surface area contributed by atoms with Crippen LogP contribution in [0.4, 0.5) is 5.69 Å². The van der Waals surface area contributed by atoms with Gasteiger partial charge in [0, 0.05) is 24.7 Å². The van der Waals surface area contributed by atoms with Crippen LogP contribution in [-0.4, -0.2) is 43.8 Å². The highest BCUT2D eigenvalue weighted by Gasteiger charge is 2.32. The second kappa shape index (κ2) is 10.3. The van der Waals surface area contributed by atoms with Crippen LogP contribution in [0.2, 0.25) is 0 Å². The number of thiocarbonyl (C=S) groups is 1. The van der Waals surface area contributed by atoms with E-state index in [0.29, 0.717) is 9.23 Å². The number of hydrogen-bond donors (Lipinski definition) is 3. The Morgan fingerprint density at radius 3 is 2.56 bits per heavy atom. The lowest BCUT2D eigenvalue weighted by Crippen LogP contribution is -2.31. The zero-order valence-corrected chi connectivity index (χ0v) is 18.7. The first kappa shape index (κ1) is 23.2. The van der Waals surface area contributed by atoms with Gasteiger partial charge in [-0.25, -0.2) is 4.79 Å². The molecule has 0 saturated carbocycles. The standard InChI is InChI=1S/C23H20N2O5S2/c1-14(11-15-5-3-2-4-6-15)12-19-21(28)25(23(31)32-19)10-9-20(27)24-16-7-8-17(22(29)30)18(26)13-16/h2-8,11-13,26H,9-10H2,1H3,(H,24,27)(H,29,30)/b14-11?,19-12-. The number of hydrogen-bond acceptors (Lipinski definition) is 6. The molecule has 3 N–H and O–H groups in total. The van der Waals surface area contributed by atoms with Crippen molar-refractivity contribution in [2.45, 2.75) is 13.3 Å². The van der Waals surface area contributed by atoms with Crippen LogP contribution in [0.25, 0.3) is 6.08 Å². The number of phenols is 1. The molecule has 7 nitrogen and oxygen atoms in total. The van der Waals surface area contributed by atoms with Crippen LogP contribution >= 0.6 is 24.0 Å². The summed E-state index contributed by atoms with van der Waals surface area (Å²) in [4.78, 5) is 37.8. The van der Waals surface area contributed by atoms with Gasteiger partial charge in [0.1, 0.15) is 15.6 Å². The van der Waals surface area contributed by atoms with E-state index in [2.05, 4.69) is 5.32 Å². The fourth-order valence-electron chi connectivity index (χ4n) is 2.98. The molecule has 0 unspecified atom stereocenters. The number of aromatic carboxylic acids is 1. The number of anilines is 1.